The van der Waals surface area contributed by atoms with E-state index in [-0.39, 0.29) is 23.8 Å². The van der Waals surface area contributed by atoms with Crippen LogP contribution in [0.4, 0.5) is 0 Å². The van der Waals surface area contributed by atoms with Gasteiger partial charge in [-0.05, 0) is 27.2 Å². The number of carbonyl (C=O) groups is 2. The highest BCUT2D eigenvalue weighted by Crippen LogP contribution is 2.40. The third-order valence-corrected chi connectivity index (χ3v) is 2.13. The summed E-state index contributed by atoms with van der Waals surface area (Å²) >= 11 is 0. The molecule has 4 nitrogen and oxygen atoms in total. The lowest BCUT2D eigenvalue weighted by atomic mass is 10.2. The number of hydrogen-bond acceptors (Lipinski definition) is 4. The Morgan fingerprint density at radius 3 is 2.40 bits per heavy atom. The third kappa shape index (κ3) is 4.32. The van der Waals surface area contributed by atoms with Gasteiger partial charge in [-0.15, -0.1) is 0 Å². The fraction of sp³-hybridized carbons (Fsp3) is 0.818. The molecule has 0 N–H and O–H groups in total. The summed E-state index contributed by atoms with van der Waals surface area (Å²) in [4.78, 5) is 22.1. The zero-order valence-corrected chi connectivity index (χ0v) is 9.70. The maximum atomic E-state index is 11.5. The average Bonchev–Trinajstić information content (AvgIpc) is 2.75. The van der Waals surface area contributed by atoms with Crippen LogP contribution < -0.4 is 0 Å². The van der Waals surface area contributed by atoms with Crippen molar-refractivity contribution in [2.24, 2.45) is 11.8 Å². The molecule has 1 rings (SSSR count). The molecule has 0 aromatic carbocycles. The predicted octanol–water partition coefficient (Wildman–Crippen LogP) is 1.53. The van der Waals surface area contributed by atoms with Crippen molar-refractivity contribution in [3.8, 4) is 0 Å². The number of ether oxygens (including phenoxy) is 2. The molecular formula is C11H18O4. The van der Waals surface area contributed by atoms with Gasteiger partial charge in [0.2, 0.25) is 0 Å². The van der Waals surface area contributed by atoms with Crippen LogP contribution in [-0.2, 0) is 19.1 Å². The van der Waals surface area contributed by atoms with Crippen molar-refractivity contribution in [2.45, 2.75) is 39.7 Å². The largest absolute Gasteiger partial charge is 0.466 e. The van der Waals surface area contributed by atoms with E-state index < -0.39 is 5.60 Å². The van der Waals surface area contributed by atoms with E-state index in [0.717, 1.165) is 6.42 Å². The quantitative estimate of drug-likeness (QED) is 0.668. The summed E-state index contributed by atoms with van der Waals surface area (Å²) in [5.74, 6) is -0.406. The topological polar surface area (TPSA) is 52.6 Å². The summed E-state index contributed by atoms with van der Waals surface area (Å²) in [6.07, 6.45) is 0.766. The third-order valence-electron chi connectivity index (χ3n) is 2.13. The minimum atomic E-state index is -0.439. The highest BCUT2D eigenvalue weighted by molar-refractivity contribution is 5.76. The minimum Gasteiger partial charge on any atom is -0.466 e. The Hall–Kier alpha value is -1.06. The lowest BCUT2D eigenvalue weighted by Gasteiger charge is -2.19. The summed E-state index contributed by atoms with van der Waals surface area (Å²) in [7, 11) is 0. The van der Waals surface area contributed by atoms with Gasteiger partial charge in [-0.25, -0.2) is 0 Å². The van der Waals surface area contributed by atoms with Gasteiger partial charge in [0.25, 0.3) is 0 Å². The van der Waals surface area contributed by atoms with E-state index in [1.165, 1.54) is 6.92 Å². The average molecular weight is 214 g/mol. The van der Waals surface area contributed by atoms with E-state index >= 15 is 0 Å². The van der Waals surface area contributed by atoms with E-state index in [1.54, 1.807) is 0 Å². The molecule has 1 aliphatic carbocycles. The van der Waals surface area contributed by atoms with E-state index in [9.17, 15) is 9.59 Å². The highest BCUT2D eigenvalue weighted by Gasteiger charge is 2.45. The molecule has 86 valence electrons. The molecule has 0 amide bonds. The molecule has 0 heterocycles. The Balaban J connectivity index is 2.25. The van der Waals surface area contributed by atoms with Crippen LogP contribution in [-0.4, -0.2) is 24.1 Å². The second-order valence-electron chi connectivity index (χ2n) is 4.94. The molecule has 0 radical (unpaired) electrons. The Morgan fingerprint density at radius 1 is 1.33 bits per heavy atom. The number of hydrogen-bond donors (Lipinski definition) is 0. The fourth-order valence-corrected chi connectivity index (χ4v) is 1.32. The van der Waals surface area contributed by atoms with Crippen LogP contribution in [0, 0.1) is 11.8 Å². The van der Waals surface area contributed by atoms with Crippen LogP contribution >= 0.6 is 0 Å². The monoisotopic (exact) mass is 214 g/mol. The first kappa shape index (κ1) is 12.0. The smallest absolute Gasteiger partial charge is 0.309 e. The zero-order chi connectivity index (χ0) is 11.6. The fourth-order valence-electron chi connectivity index (χ4n) is 1.32. The summed E-state index contributed by atoms with van der Waals surface area (Å²) in [5, 5.41) is 0. The molecule has 1 aliphatic rings. The molecule has 0 spiro atoms. The first-order chi connectivity index (χ1) is 6.79. The SMILES string of the molecule is CC(=O)OCC1CC1C(=O)OC(C)(C)C. The maximum absolute atomic E-state index is 11.5. The number of carbonyl (C=O) groups excluding carboxylic acids is 2. The van der Waals surface area contributed by atoms with Crippen molar-refractivity contribution in [2.75, 3.05) is 6.61 Å². The molecule has 1 fully saturated rings. The molecule has 15 heavy (non-hydrogen) atoms. The molecule has 0 saturated heterocycles. The van der Waals surface area contributed by atoms with Crippen molar-refractivity contribution < 1.29 is 19.1 Å². The van der Waals surface area contributed by atoms with Crippen LogP contribution in [0.2, 0.25) is 0 Å². The number of rotatable bonds is 3. The number of esters is 2. The van der Waals surface area contributed by atoms with Crippen molar-refractivity contribution in [3.05, 3.63) is 0 Å². The van der Waals surface area contributed by atoms with Gasteiger partial charge in [0.1, 0.15) is 5.60 Å². The highest BCUT2D eigenvalue weighted by atomic mass is 16.6. The van der Waals surface area contributed by atoms with Crippen LogP contribution in [0.3, 0.4) is 0 Å². The molecule has 4 heteroatoms. The Kier molecular flexibility index (Phi) is 3.37. The second-order valence-corrected chi connectivity index (χ2v) is 4.94. The van der Waals surface area contributed by atoms with Gasteiger partial charge in [0.15, 0.2) is 0 Å². The van der Waals surface area contributed by atoms with Gasteiger partial charge in [-0.1, -0.05) is 0 Å². The normalized spacial score (nSPS) is 24.5. The lowest BCUT2D eigenvalue weighted by molar-refractivity contribution is -0.157. The molecular weight excluding hydrogens is 196 g/mol. The van der Waals surface area contributed by atoms with Crippen molar-refractivity contribution in [1.29, 1.82) is 0 Å². The molecule has 0 bridgehead atoms. The lowest BCUT2D eigenvalue weighted by Crippen LogP contribution is -2.25. The predicted molar refractivity (Wildman–Crippen MR) is 54.1 cm³/mol. The van der Waals surface area contributed by atoms with Gasteiger partial charge in [-0.3, -0.25) is 9.59 Å². The summed E-state index contributed by atoms with van der Waals surface area (Å²) in [6, 6.07) is 0. The van der Waals surface area contributed by atoms with Gasteiger partial charge in [-0.2, -0.15) is 0 Å². The van der Waals surface area contributed by atoms with Gasteiger partial charge >= 0.3 is 11.9 Å². The first-order valence-corrected chi connectivity index (χ1v) is 5.16. The molecule has 2 atom stereocenters. The molecule has 0 aromatic rings. The van der Waals surface area contributed by atoms with Crippen molar-refractivity contribution in [1.82, 2.24) is 0 Å². The van der Waals surface area contributed by atoms with Crippen molar-refractivity contribution in [3.63, 3.8) is 0 Å². The van der Waals surface area contributed by atoms with Crippen LogP contribution in [0.25, 0.3) is 0 Å². The Morgan fingerprint density at radius 2 is 1.93 bits per heavy atom. The van der Waals surface area contributed by atoms with E-state index in [1.807, 2.05) is 20.8 Å². The van der Waals surface area contributed by atoms with Crippen LogP contribution in [0.15, 0.2) is 0 Å². The van der Waals surface area contributed by atoms with Crippen molar-refractivity contribution >= 4 is 11.9 Å². The minimum absolute atomic E-state index is 0.0800. The molecule has 1 saturated carbocycles. The van der Waals surface area contributed by atoms with Crippen LogP contribution in [0.1, 0.15) is 34.1 Å². The summed E-state index contributed by atoms with van der Waals surface area (Å²) < 4.78 is 10.0. The second kappa shape index (κ2) is 4.21. The van der Waals surface area contributed by atoms with Gasteiger partial charge in [0.05, 0.1) is 12.5 Å². The standard InChI is InChI=1S/C11H18O4/c1-7(12)14-6-8-5-9(8)10(13)15-11(2,3)4/h8-9H,5-6H2,1-4H3. The van der Waals surface area contributed by atoms with E-state index in [4.69, 9.17) is 9.47 Å². The zero-order valence-electron chi connectivity index (χ0n) is 9.70. The summed E-state index contributed by atoms with van der Waals surface area (Å²) in [5.41, 5.74) is -0.439. The molecule has 0 aliphatic heterocycles. The van der Waals surface area contributed by atoms with Crippen LogP contribution in [0.5, 0.6) is 0 Å². The first-order valence-electron chi connectivity index (χ1n) is 5.16. The molecule has 0 aromatic heterocycles. The maximum Gasteiger partial charge on any atom is 0.309 e. The Bertz CT molecular complexity index is 264. The van der Waals surface area contributed by atoms with E-state index in [2.05, 4.69) is 0 Å². The Labute approximate surface area is 89.9 Å². The molecule has 2 unspecified atom stereocenters. The van der Waals surface area contributed by atoms with Gasteiger partial charge in [0, 0.05) is 12.8 Å². The van der Waals surface area contributed by atoms with E-state index in [0.29, 0.717) is 6.61 Å². The summed E-state index contributed by atoms with van der Waals surface area (Å²) in [6.45, 7) is 7.22. The van der Waals surface area contributed by atoms with Gasteiger partial charge < -0.3 is 9.47 Å².